The maximum absolute atomic E-state index is 13.6. The van der Waals surface area contributed by atoms with Crippen LogP contribution in [0, 0.1) is 5.82 Å². The fraction of sp³-hybridized carbons (Fsp3) is 0.455. The van der Waals surface area contributed by atoms with Crippen molar-refractivity contribution in [2.75, 3.05) is 7.05 Å². The normalized spacial score (nSPS) is 10.8. The molecule has 0 fully saturated rings. The van der Waals surface area contributed by atoms with Crippen LogP contribution in [0.15, 0.2) is 16.6 Å². The third-order valence-electron chi connectivity index (χ3n) is 1.81. The molecule has 4 heteroatoms. The summed E-state index contributed by atoms with van der Waals surface area (Å²) in [7, 11) is 1.82. The Morgan fingerprint density at radius 1 is 1.47 bits per heavy atom. The highest BCUT2D eigenvalue weighted by Crippen LogP contribution is 2.28. The van der Waals surface area contributed by atoms with Crippen LogP contribution in [0.25, 0.3) is 0 Å². The highest BCUT2D eigenvalue weighted by molar-refractivity contribution is 9.10. The van der Waals surface area contributed by atoms with Crippen molar-refractivity contribution in [2.24, 2.45) is 0 Å². The Bertz CT molecular complexity index is 342. The van der Waals surface area contributed by atoms with Crippen LogP contribution in [0.5, 0.6) is 5.75 Å². The summed E-state index contributed by atoms with van der Waals surface area (Å²) >= 11 is 3.26. The third kappa shape index (κ3) is 3.47. The molecule has 0 saturated heterocycles. The SMILES string of the molecule is CNCc1cc(Br)cc(F)c1OC(C)C. The maximum Gasteiger partial charge on any atom is 0.166 e. The lowest BCUT2D eigenvalue weighted by atomic mass is 10.2. The monoisotopic (exact) mass is 275 g/mol. The van der Waals surface area contributed by atoms with E-state index in [4.69, 9.17) is 4.74 Å². The van der Waals surface area contributed by atoms with Gasteiger partial charge in [0.15, 0.2) is 11.6 Å². The van der Waals surface area contributed by atoms with Crippen molar-refractivity contribution in [3.05, 3.63) is 28.0 Å². The lowest BCUT2D eigenvalue weighted by Crippen LogP contribution is -2.12. The lowest BCUT2D eigenvalue weighted by molar-refractivity contribution is 0.228. The van der Waals surface area contributed by atoms with Gasteiger partial charge in [0.05, 0.1) is 6.10 Å². The fourth-order valence-electron chi connectivity index (χ4n) is 1.30. The zero-order valence-corrected chi connectivity index (χ0v) is 10.7. The summed E-state index contributed by atoms with van der Waals surface area (Å²) < 4.78 is 19.8. The predicted molar refractivity (Wildman–Crippen MR) is 62.6 cm³/mol. The van der Waals surface area contributed by atoms with Crippen LogP contribution < -0.4 is 10.1 Å². The number of benzene rings is 1. The van der Waals surface area contributed by atoms with Gasteiger partial charge in [-0.25, -0.2) is 4.39 Å². The van der Waals surface area contributed by atoms with Crippen LogP contribution in [0.1, 0.15) is 19.4 Å². The molecule has 0 bridgehead atoms. The molecule has 0 atom stereocenters. The summed E-state index contributed by atoms with van der Waals surface area (Å²) in [5.74, 6) is 0.00544. The van der Waals surface area contributed by atoms with Crippen molar-refractivity contribution in [1.82, 2.24) is 5.32 Å². The second-order valence-electron chi connectivity index (χ2n) is 3.57. The quantitative estimate of drug-likeness (QED) is 0.912. The number of ether oxygens (including phenoxy) is 1. The largest absolute Gasteiger partial charge is 0.488 e. The van der Waals surface area contributed by atoms with Gasteiger partial charge in [-0.3, -0.25) is 0 Å². The highest BCUT2D eigenvalue weighted by atomic mass is 79.9. The van der Waals surface area contributed by atoms with Crippen molar-refractivity contribution in [3.8, 4) is 5.75 Å². The molecule has 84 valence electrons. The first-order valence-electron chi connectivity index (χ1n) is 4.83. The molecule has 0 saturated carbocycles. The van der Waals surface area contributed by atoms with E-state index >= 15 is 0 Å². The summed E-state index contributed by atoms with van der Waals surface area (Å²) in [5.41, 5.74) is 0.818. The summed E-state index contributed by atoms with van der Waals surface area (Å²) in [6, 6.07) is 3.27. The van der Waals surface area contributed by atoms with Gasteiger partial charge in [-0.15, -0.1) is 0 Å². The molecule has 0 amide bonds. The second kappa shape index (κ2) is 5.47. The Kier molecular flexibility index (Phi) is 4.54. The van der Waals surface area contributed by atoms with E-state index in [1.165, 1.54) is 6.07 Å². The van der Waals surface area contributed by atoms with Crippen molar-refractivity contribution in [2.45, 2.75) is 26.5 Å². The first kappa shape index (κ1) is 12.5. The van der Waals surface area contributed by atoms with Gasteiger partial charge in [0.2, 0.25) is 0 Å². The van der Waals surface area contributed by atoms with Crippen LogP contribution in [0.3, 0.4) is 0 Å². The van der Waals surface area contributed by atoms with Gasteiger partial charge >= 0.3 is 0 Å². The predicted octanol–water partition coefficient (Wildman–Crippen LogP) is 3.09. The van der Waals surface area contributed by atoms with E-state index in [-0.39, 0.29) is 11.9 Å². The Morgan fingerprint density at radius 3 is 2.67 bits per heavy atom. The zero-order chi connectivity index (χ0) is 11.4. The average molecular weight is 276 g/mol. The summed E-state index contributed by atoms with van der Waals surface area (Å²) in [4.78, 5) is 0. The first-order valence-corrected chi connectivity index (χ1v) is 5.63. The molecule has 0 aliphatic carbocycles. The van der Waals surface area contributed by atoms with E-state index in [9.17, 15) is 4.39 Å². The molecule has 15 heavy (non-hydrogen) atoms. The van der Waals surface area contributed by atoms with E-state index < -0.39 is 0 Å². The molecule has 0 radical (unpaired) electrons. The maximum atomic E-state index is 13.6. The van der Waals surface area contributed by atoms with Crippen LogP contribution in [0.4, 0.5) is 4.39 Å². The molecule has 1 N–H and O–H groups in total. The minimum atomic E-state index is -0.330. The van der Waals surface area contributed by atoms with Gasteiger partial charge in [0.1, 0.15) is 0 Å². The fourth-order valence-corrected chi connectivity index (χ4v) is 1.78. The van der Waals surface area contributed by atoms with Gasteiger partial charge in [-0.1, -0.05) is 15.9 Å². The zero-order valence-electron chi connectivity index (χ0n) is 9.10. The van der Waals surface area contributed by atoms with Gasteiger partial charge in [0, 0.05) is 16.6 Å². The Labute approximate surface area is 98.0 Å². The Balaban J connectivity index is 3.08. The van der Waals surface area contributed by atoms with Crippen LogP contribution >= 0.6 is 15.9 Å². The molecular formula is C11H15BrFNO. The minimum absolute atomic E-state index is 0.0312. The molecule has 0 heterocycles. The van der Waals surface area contributed by atoms with Crippen LogP contribution in [-0.4, -0.2) is 13.2 Å². The number of halogens is 2. The van der Waals surface area contributed by atoms with E-state index in [1.54, 1.807) is 0 Å². The summed E-state index contributed by atoms with van der Waals surface area (Å²) in [5, 5.41) is 2.98. The van der Waals surface area contributed by atoms with E-state index in [0.29, 0.717) is 12.3 Å². The second-order valence-corrected chi connectivity index (χ2v) is 4.49. The molecule has 2 nitrogen and oxygen atoms in total. The lowest BCUT2D eigenvalue weighted by Gasteiger charge is -2.15. The Hall–Kier alpha value is -0.610. The van der Waals surface area contributed by atoms with E-state index in [2.05, 4.69) is 21.2 Å². The summed E-state index contributed by atoms with van der Waals surface area (Å²) in [6.45, 7) is 4.34. The van der Waals surface area contributed by atoms with Gasteiger partial charge in [-0.05, 0) is 33.0 Å². The van der Waals surface area contributed by atoms with Crippen molar-refractivity contribution in [1.29, 1.82) is 0 Å². The van der Waals surface area contributed by atoms with Gasteiger partial charge in [0.25, 0.3) is 0 Å². The van der Waals surface area contributed by atoms with Crippen molar-refractivity contribution < 1.29 is 9.13 Å². The molecule has 1 rings (SSSR count). The number of hydrogen-bond acceptors (Lipinski definition) is 2. The van der Waals surface area contributed by atoms with Crippen LogP contribution in [0.2, 0.25) is 0 Å². The van der Waals surface area contributed by atoms with Crippen molar-refractivity contribution >= 4 is 15.9 Å². The minimum Gasteiger partial charge on any atom is -0.488 e. The molecule has 0 spiro atoms. The molecule has 0 aliphatic heterocycles. The number of rotatable bonds is 4. The molecule has 1 aromatic rings. The number of nitrogens with one attached hydrogen (secondary N) is 1. The first-order chi connectivity index (χ1) is 7.04. The molecule has 0 aromatic heterocycles. The molecular weight excluding hydrogens is 261 g/mol. The van der Waals surface area contributed by atoms with E-state index in [1.807, 2.05) is 27.0 Å². The summed E-state index contributed by atoms with van der Waals surface area (Å²) in [6.07, 6.45) is -0.0312. The van der Waals surface area contributed by atoms with Gasteiger partial charge in [-0.2, -0.15) is 0 Å². The standard InChI is InChI=1S/C11H15BrFNO/c1-7(2)15-11-8(6-14-3)4-9(12)5-10(11)13/h4-5,7,14H,6H2,1-3H3. The molecule has 1 aromatic carbocycles. The topological polar surface area (TPSA) is 21.3 Å². The molecule has 0 aliphatic rings. The van der Waals surface area contributed by atoms with E-state index in [0.717, 1.165) is 10.0 Å². The highest BCUT2D eigenvalue weighted by Gasteiger charge is 2.12. The Morgan fingerprint density at radius 2 is 2.13 bits per heavy atom. The smallest absolute Gasteiger partial charge is 0.166 e. The van der Waals surface area contributed by atoms with Gasteiger partial charge < -0.3 is 10.1 Å². The van der Waals surface area contributed by atoms with Crippen molar-refractivity contribution in [3.63, 3.8) is 0 Å². The molecule has 0 unspecified atom stereocenters. The number of hydrogen-bond donors (Lipinski definition) is 1. The average Bonchev–Trinajstić information content (AvgIpc) is 2.11. The van der Waals surface area contributed by atoms with Crippen LogP contribution in [-0.2, 0) is 6.54 Å². The third-order valence-corrected chi connectivity index (χ3v) is 2.26.